The SMILES string of the molecule is Cc1cc(CNC(=O)C(C)C)nc(N2CCCCC2)n1. The summed E-state index contributed by atoms with van der Waals surface area (Å²) in [5.74, 6) is 0.860. The summed E-state index contributed by atoms with van der Waals surface area (Å²) in [5.41, 5.74) is 1.83. The van der Waals surface area contributed by atoms with Crippen LogP contribution in [-0.2, 0) is 11.3 Å². The van der Waals surface area contributed by atoms with E-state index in [0.717, 1.165) is 30.4 Å². The highest BCUT2D eigenvalue weighted by Gasteiger charge is 2.15. The zero-order valence-electron chi connectivity index (χ0n) is 12.6. The predicted octanol–water partition coefficient (Wildman–Crippen LogP) is 2.05. The maximum absolute atomic E-state index is 11.6. The number of hydrogen-bond acceptors (Lipinski definition) is 4. The maximum atomic E-state index is 11.6. The molecule has 0 spiro atoms. The molecule has 110 valence electrons. The van der Waals surface area contributed by atoms with Crippen LogP contribution in [0.2, 0.25) is 0 Å². The Morgan fingerprint density at radius 3 is 2.65 bits per heavy atom. The van der Waals surface area contributed by atoms with Gasteiger partial charge >= 0.3 is 0 Å². The molecule has 2 heterocycles. The average Bonchev–Trinajstić information content (AvgIpc) is 2.45. The van der Waals surface area contributed by atoms with E-state index < -0.39 is 0 Å². The Bertz CT molecular complexity index is 467. The Morgan fingerprint density at radius 2 is 2.00 bits per heavy atom. The van der Waals surface area contributed by atoms with Crippen molar-refractivity contribution in [2.45, 2.75) is 46.6 Å². The van der Waals surface area contributed by atoms with Crippen LogP contribution in [0.4, 0.5) is 5.95 Å². The molecule has 1 amide bonds. The third kappa shape index (κ3) is 3.92. The van der Waals surface area contributed by atoms with Crippen molar-refractivity contribution in [3.05, 3.63) is 17.5 Å². The normalized spacial score (nSPS) is 15.5. The molecule has 1 aliphatic rings. The molecule has 5 heteroatoms. The van der Waals surface area contributed by atoms with E-state index in [1.807, 2.05) is 26.8 Å². The van der Waals surface area contributed by atoms with Gasteiger partial charge in [-0.3, -0.25) is 4.79 Å². The Morgan fingerprint density at radius 1 is 1.30 bits per heavy atom. The molecule has 0 radical (unpaired) electrons. The smallest absolute Gasteiger partial charge is 0.225 e. The number of carbonyl (C=O) groups is 1. The van der Waals surface area contributed by atoms with Crippen LogP contribution in [0.25, 0.3) is 0 Å². The van der Waals surface area contributed by atoms with Crippen molar-refractivity contribution in [1.29, 1.82) is 0 Å². The lowest BCUT2D eigenvalue weighted by Gasteiger charge is -2.27. The van der Waals surface area contributed by atoms with Gasteiger partial charge in [0, 0.05) is 24.7 Å². The van der Waals surface area contributed by atoms with Gasteiger partial charge in [-0.2, -0.15) is 0 Å². The van der Waals surface area contributed by atoms with Crippen LogP contribution in [0.5, 0.6) is 0 Å². The lowest BCUT2D eigenvalue weighted by Crippen LogP contribution is -2.32. The molecule has 1 aliphatic heterocycles. The second-order valence-electron chi connectivity index (χ2n) is 5.72. The fraction of sp³-hybridized carbons (Fsp3) is 0.667. The minimum Gasteiger partial charge on any atom is -0.350 e. The molecule has 1 saturated heterocycles. The topological polar surface area (TPSA) is 58.1 Å². The Labute approximate surface area is 120 Å². The molecule has 0 bridgehead atoms. The van der Waals surface area contributed by atoms with Crippen LogP contribution in [0, 0.1) is 12.8 Å². The predicted molar refractivity (Wildman–Crippen MR) is 79.5 cm³/mol. The van der Waals surface area contributed by atoms with E-state index >= 15 is 0 Å². The second-order valence-corrected chi connectivity index (χ2v) is 5.72. The van der Waals surface area contributed by atoms with Gasteiger partial charge in [0.15, 0.2) is 0 Å². The highest BCUT2D eigenvalue weighted by atomic mass is 16.1. The maximum Gasteiger partial charge on any atom is 0.225 e. The summed E-state index contributed by atoms with van der Waals surface area (Å²) in [6, 6.07) is 1.94. The van der Waals surface area contributed by atoms with Crippen LogP contribution in [-0.4, -0.2) is 29.0 Å². The first kappa shape index (κ1) is 14.8. The number of nitrogens with one attached hydrogen (secondary N) is 1. The monoisotopic (exact) mass is 276 g/mol. The number of rotatable bonds is 4. The molecular weight excluding hydrogens is 252 g/mol. The van der Waals surface area contributed by atoms with E-state index in [0.29, 0.717) is 6.54 Å². The molecular formula is C15H24N4O. The highest BCUT2D eigenvalue weighted by Crippen LogP contribution is 2.16. The van der Waals surface area contributed by atoms with Crippen LogP contribution in [0.3, 0.4) is 0 Å². The van der Waals surface area contributed by atoms with Crippen LogP contribution < -0.4 is 10.2 Å². The molecule has 1 N–H and O–H groups in total. The summed E-state index contributed by atoms with van der Waals surface area (Å²) in [5, 5.41) is 2.91. The largest absolute Gasteiger partial charge is 0.350 e. The summed E-state index contributed by atoms with van der Waals surface area (Å²) in [4.78, 5) is 23.0. The highest BCUT2D eigenvalue weighted by molar-refractivity contribution is 5.77. The fourth-order valence-corrected chi connectivity index (χ4v) is 2.32. The number of aromatic nitrogens is 2. The fourth-order valence-electron chi connectivity index (χ4n) is 2.32. The van der Waals surface area contributed by atoms with Gasteiger partial charge in [-0.05, 0) is 32.3 Å². The van der Waals surface area contributed by atoms with E-state index in [-0.39, 0.29) is 11.8 Å². The van der Waals surface area contributed by atoms with E-state index in [9.17, 15) is 4.79 Å². The summed E-state index contributed by atoms with van der Waals surface area (Å²) < 4.78 is 0. The minimum absolute atomic E-state index is 0.000464. The molecule has 2 rings (SSSR count). The first-order valence-electron chi connectivity index (χ1n) is 7.43. The molecule has 5 nitrogen and oxygen atoms in total. The molecule has 1 aromatic heterocycles. The van der Waals surface area contributed by atoms with Gasteiger partial charge < -0.3 is 10.2 Å². The third-order valence-electron chi connectivity index (χ3n) is 3.50. The van der Waals surface area contributed by atoms with Crippen molar-refractivity contribution in [2.24, 2.45) is 5.92 Å². The van der Waals surface area contributed by atoms with Crippen molar-refractivity contribution < 1.29 is 4.79 Å². The van der Waals surface area contributed by atoms with Gasteiger partial charge in [-0.1, -0.05) is 13.8 Å². The van der Waals surface area contributed by atoms with Crippen molar-refractivity contribution in [3.8, 4) is 0 Å². The van der Waals surface area contributed by atoms with E-state index in [2.05, 4.69) is 20.2 Å². The number of aryl methyl sites for hydroxylation is 1. The number of hydrogen-bond donors (Lipinski definition) is 1. The molecule has 0 aliphatic carbocycles. The summed E-state index contributed by atoms with van der Waals surface area (Å²) >= 11 is 0. The van der Waals surface area contributed by atoms with Gasteiger partial charge in [0.25, 0.3) is 0 Å². The molecule has 0 aromatic carbocycles. The average molecular weight is 276 g/mol. The molecule has 0 atom stereocenters. The molecule has 0 unspecified atom stereocenters. The van der Waals surface area contributed by atoms with Crippen LogP contribution >= 0.6 is 0 Å². The van der Waals surface area contributed by atoms with Crippen LogP contribution in [0.1, 0.15) is 44.5 Å². The summed E-state index contributed by atoms with van der Waals surface area (Å²) in [7, 11) is 0. The molecule has 1 aromatic rings. The van der Waals surface area contributed by atoms with Gasteiger partial charge in [0.2, 0.25) is 11.9 Å². The lowest BCUT2D eigenvalue weighted by molar-refractivity contribution is -0.124. The first-order chi connectivity index (χ1) is 9.56. The number of amides is 1. The van der Waals surface area contributed by atoms with Crippen molar-refractivity contribution in [2.75, 3.05) is 18.0 Å². The molecule has 20 heavy (non-hydrogen) atoms. The first-order valence-corrected chi connectivity index (χ1v) is 7.43. The van der Waals surface area contributed by atoms with E-state index in [4.69, 9.17) is 0 Å². The third-order valence-corrected chi connectivity index (χ3v) is 3.50. The quantitative estimate of drug-likeness (QED) is 0.914. The summed E-state index contributed by atoms with van der Waals surface area (Å²) in [6.45, 7) is 8.28. The second kappa shape index (κ2) is 6.68. The van der Waals surface area contributed by atoms with E-state index in [1.165, 1.54) is 19.3 Å². The number of piperidine rings is 1. The van der Waals surface area contributed by atoms with Gasteiger partial charge in [-0.15, -0.1) is 0 Å². The van der Waals surface area contributed by atoms with Gasteiger partial charge in [0.1, 0.15) is 0 Å². The molecule has 1 fully saturated rings. The minimum atomic E-state index is -0.000464. The Hall–Kier alpha value is -1.65. The number of anilines is 1. The van der Waals surface area contributed by atoms with Crippen molar-refractivity contribution in [1.82, 2.24) is 15.3 Å². The van der Waals surface area contributed by atoms with Crippen LogP contribution in [0.15, 0.2) is 6.07 Å². The standard InChI is InChI=1S/C15H24N4O/c1-11(2)14(20)16-10-13-9-12(3)17-15(18-13)19-7-5-4-6-8-19/h9,11H,4-8,10H2,1-3H3,(H,16,20). The number of carbonyl (C=O) groups excluding carboxylic acids is 1. The van der Waals surface area contributed by atoms with Crippen molar-refractivity contribution >= 4 is 11.9 Å². The Balaban J connectivity index is 2.06. The zero-order chi connectivity index (χ0) is 14.5. The molecule has 0 saturated carbocycles. The summed E-state index contributed by atoms with van der Waals surface area (Å²) in [6.07, 6.45) is 3.70. The Kier molecular flexibility index (Phi) is 4.93. The zero-order valence-corrected chi connectivity index (χ0v) is 12.6. The van der Waals surface area contributed by atoms with E-state index in [1.54, 1.807) is 0 Å². The number of nitrogens with zero attached hydrogens (tertiary/aromatic N) is 3. The van der Waals surface area contributed by atoms with Gasteiger partial charge in [-0.25, -0.2) is 9.97 Å². The van der Waals surface area contributed by atoms with Gasteiger partial charge in [0.05, 0.1) is 12.2 Å². The lowest BCUT2D eigenvalue weighted by atomic mass is 10.1. The van der Waals surface area contributed by atoms with Crippen molar-refractivity contribution in [3.63, 3.8) is 0 Å².